The second-order valence-electron chi connectivity index (χ2n) is 5.97. The van der Waals surface area contributed by atoms with E-state index in [-0.39, 0.29) is 16.3 Å². The van der Waals surface area contributed by atoms with Crippen molar-refractivity contribution in [2.24, 2.45) is 0 Å². The number of rotatable bonds is 4. The van der Waals surface area contributed by atoms with Gasteiger partial charge in [-0.15, -0.1) is 0 Å². The van der Waals surface area contributed by atoms with Gasteiger partial charge in [0.2, 0.25) is 0 Å². The maximum absolute atomic E-state index is 11.7. The minimum atomic E-state index is -0.545. The van der Waals surface area contributed by atoms with Crippen molar-refractivity contribution < 1.29 is 19.1 Å². The van der Waals surface area contributed by atoms with Gasteiger partial charge in [0.25, 0.3) is 0 Å². The first-order valence-corrected chi connectivity index (χ1v) is 8.15. The van der Waals surface area contributed by atoms with Crippen molar-refractivity contribution in [1.82, 2.24) is 4.98 Å². The van der Waals surface area contributed by atoms with Crippen LogP contribution in [0.2, 0.25) is 5.02 Å². The van der Waals surface area contributed by atoms with Crippen LogP contribution in [-0.4, -0.2) is 16.9 Å². The Morgan fingerprint density at radius 3 is 2.23 bits per heavy atom. The summed E-state index contributed by atoms with van der Waals surface area (Å²) in [6.45, 7) is 10.3. The summed E-state index contributed by atoms with van der Waals surface area (Å²) in [6, 6.07) is 8.66. The lowest BCUT2D eigenvalue weighted by Gasteiger charge is -2.06. The fraction of sp³-hybridized carbons (Fsp3) is 0.100. The number of carbonyl (C=O) groups excluding carboxylic acids is 2. The Balaban J connectivity index is 2.05. The second kappa shape index (κ2) is 6.69. The van der Waals surface area contributed by atoms with E-state index in [0.29, 0.717) is 16.8 Å². The van der Waals surface area contributed by atoms with Crippen LogP contribution in [0.4, 0.5) is 0 Å². The number of hydrogen-bond acceptors (Lipinski definition) is 4. The van der Waals surface area contributed by atoms with Gasteiger partial charge >= 0.3 is 11.9 Å². The summed E-state index contributed by atoms with van der Waals surface area (Å²) < 4.78 is 10.5. The van der Waals surface area contributed by atoms with Crippen LogP contribution in [0.5, 0.6) is 11.5 Å². The summed E-state index contributed by atoms with van der Waals surface area (Å²) in [5.41, 5.74) is 1.95. The Hall–Kier alpha value is -3.05. The normalized spacial score (nSPS) is 10.7. The van der Waals surface area contributed by atoms with Crippen molar-refractivity contribution in [1.29, 1.82) is 0 Å². The van der Waals surface area contributed by atoms with Gasteiger partial charge in [0.05, 0.1) is 11.0 Å². The van der Waals surface area contributed by atoms with Gasteiger partial charge in [-0.25, -0.2) is 9.59 Å². The molecule has 0 spiro atoms. The minimum absolute atomic E-state index is 0.243. The van der Waals surface area contributed by atoms with E-state index < -0.39 is 11.9 Å². The van der Waals surface area contributed by atoms with Crippen molar-refractivity contribution in [3.05, 3.63) is 59.7 Å². The number of aromatic amines is 1. The van der Waals surface area contributed by atoms with Crippen LogP contribution in [0.1, 0.15) is 13.8 Å². The summed E-state index contributed by atoms with van der Waals surface area (Å²) in [7, 11) is 0. The van der Waals surface area contributed by atoms with Crippen LogP contribution >= 0.6 is 11.6 Å². The maximum atomic E-state index is 11.7. The number of benzene rings is 2. The lowest BCUT2D eigenvalue weighted by Crippen LogP contribution is -2.08. The molecule has 2 aromatic carbocycles. The summed E-state index contributed by atoms with van der Waals surface area (Å²) in [4.78, 5) is 26.6. The van der Waals surface area contributed by atoms with Crippen molar-refractivity contribution >= 4 is 45.3 Å². The molecule has 26 heavy (non-hydrogen) atoms. The highest BCUT2D eigenvalue weighted by Crippen LogP contribution is 2.37. The number of halogens is 1. The molecule has 0 bridgehead atoms. The Kier molecular flexibility index (Phi) is 4.57. The Labute approximate surface area is 154 Å². The molecule has 0 atom stereocenters. The molecule has 0 fully saturated rings. The molecular weight excluding hydrogens is 354 g/mol. The molecule has 3 aromatic rings. The molecule has 0 unspecified atom stereocenters. The summed E-state index contributed by atoms with van der Waals surface area (Å²) in [5.74, 6) is -0.404. The molecule has 6 heteroatoms. The van der Waals surface area contributed by atoms with Gasteiger partial charge in [-0.3, -0.25) is 0 Å². The second-order valence-corrected chi connectivity index (χ2v) is 6.35. The highest BCUT2D eigenvalue weighted by molar-refractivity contribution is 6.38. The summed E-state index contributed by atoms with van der Waals surface area (Å²) in [5, 5.41) is 2.04. The fourth-order valence-corrected chi connectivity index (χ4v) is 2.67. The topological polar surface area (TPSA) is 68.4 Å². The fourth-order valence-electron chi connectivity index (χ4n) is 2.42. The number of carbonyl (C=O) groups is 2. The van der Waals surface area contributed by atoms with E-state index in [0.717, 1.165) is 16.3 Å². The monoisotopic (exact) mass is 369 g/mol. The number of nitrogens with one attached hydrogen (secondary N) is 1. The lowest BCUT2D eigenvalue weighted by molar-refractivity contribution is -0.130. The smallest absolute Gasteiger partial charge is 0.338 e. The average molecular weight is 370 g/mol. The number of hydrogen-bond donors (Lipinski definition) is 1. The molecule has 0 saturated heterocycles. The van der Waals surface area contributed by atoms with Crippen LogP contribution < -0.4 is 9.47 Å². The van der Waals surface area contributed by atoms with Gasteiger partial charge in [0.1, 0.15) is 10.8 Å². The molecule has 0 aliphatic carbocycles. The number of aromatic nitrogens is 1. The van der Waals surface area contributed by atoms with Gasteiger partial charge in [-0.05, 0) is 38.1 Å². The van der Waals surface area contributed by atoms with E-state index in [9.17, 15) is 9.59 Å². The molecule has 0 saturated carbocycles. The van der Waals surface area contributed by atoms with E-state index in [1.54, 1.807) is 38.1 Å². The van der Waals surface area contributed by atoms with Gasteiger partial charge in [0.15, 0.2) is 5.75 Å². The van der Waals surface area contributed by atoms with Crippen molar-refractivity contribution in [3.8, 4) is 11.5 Å². The van der Waals surface area contributed by atoms with E-state index in [4.69, 9.17) is 21.1 Å². The van der Waals surface area contributed by atoms with E-state index in [1.165, 1.54) is 0 Å². The Bertz CT molecular complexity index is 1090. The number of esters is 2. The molecule has 1 N–H and O–H groups in total. The van der Waals surface area contributed by atoms with Crippen LogP contribution in [0, 0.1) is 0 Å². The SMILES string of the molecule is C=C(C)C(=O)Oc1ccc2c(c1)[nH]c1c(Cl)c(OC(=O)C(=C)C)ccc12. The first-order valence-electron chi connectivity index (χ1n) is 7.77. The zero-order chi connectivity index (χ0) is 19.0. The van der Waals surface area contributed by atoms with Crippen LogP contribution in [0.15, 0.2) is 54.6 Å². The number of fused-ring (bicyclic) bond motifs is 3. The minimum Gasteiger partial charge on any atom is -0.423 e. The third-order valence-electron chi connectivity index (χ3n) is 3.76. The Morgan fingerprint density at radius 2 is 1.58 bits per heavy atom. The number of ether oxygens (including phenoxy) is 2. The predicted octanol–water partition coefficient (Wildman–Crippen LogP) is 4.94. The standard InChI is InChI=1S/C20H16ClNO4/c1-10(2)19(23)25-12-5-6-13-14-7-8-16(26-20(24)11(3)4)17(21)18(14)22-15(13)9-12/h5-9,22H,1,3H2,2,4H3. The quantitative estimate of drug-likeness (QED) is 0.402. The Morgan fingerprint density at radius 1 is 0.962 bits per heavy atom. The maximum Gasteiger partial charge on any atom is 0.338 e. The molecule has 132 valence electrons. The van der Waals surface area contributed by atoms with Gasteiger partial charge < -0.3 is 14.5 Å². The van der Waals surface area contributed by atoms with E-state index in [1.807, 2.05) is 6.07 Å². The highest BCUT2D eigenvalue weighted by atomic mass is 35.5. The third-order valence-corrected chi connectivity index (χ3v) is 4.13. The molecular formula is C20H16ClNO4. The molecule has 5 nitrogen and oxygen atoms in total. The van der Waals surface area contributed by atoms with Crippen molar-refractivity contribution in [2.45, 2.75) is 13.8 Å². The van der Waals surface area contributed by atoms with Crippen LogP contribution in [0.3, 0.4) is 0 Å². The zero-order valence-corrected chi connectivity index (χ0v) is 15.1. The van der Waals surface area contributed by atoms with E-state index in [2.05, 4.69) is 18.1 Å². The summed E-state index contributed by atoms with van der Waals surface area (Å²) >= 11 is 6.39. The lowest BCUT2D eigenvalue weighted by atomic mass is 10.1. The molecule has 0 radical (unpaired) electrons. The molecule has 0 aliphatic heterocycles. The predicted molar refractivity (Wildman–Crippen MR) is 102 cm³/mol. The molecule has 1 aromatic heterocycles. The third kappa shape index (κ3) is 3.21. The summed E-state index contributed by atoms with van der Waals surface area (Å²) in [6.07, 6.45) is 0. The van der Waals surface area contributed by atoms with Gasteiger partial charge in [-0.2, -0.15) is 0 Å². The van der Waals surface area contributed by atoms with Crippen molar-refractivity contribution in [3.63, 3.8) is 0 Å². The molecule has 0 amide bonds. The first kappa shape index (κ1) is 17.8. The van der Waals surface area contributed by atoms with Crippen LogP contribution in [0.25, 0.3) is 21.8 Å². The molecule has 0 aliphatic rings. The van der Waals surface area contributed by atoms with Crippen molar-refractivity contribution in [2.75, 3.05) is 0 Å². The van der Waals surface area contributed by atoms with Gasteiger partial charge in [-0.1, -0.05) is 24.8 Å². The number of H-pyrrole nitrogens is 1. The van der Waals surface area contributed by atoms with Gasteiger partial charge in [0, 0.05) is 28.0 Å². The largest absolute Gasteiger partial charge is 0.423 e. The highest BCUT2D eigenvalue weighted by Gasteiger charge is 2.15. The first-order chi connectivity index (χ1) is 12.3. The molecule has 3 rings (SSSR count). The van der Waals surface area contributed by atoms with Crippen LogP contribution in [-0.2, 0) is 9.59 Å². The average Bonchev–Trinajstić information content (AvgIpc) is 2.95. The molecule has 1 heterocycles. The van der Waals surface area contributed by atoms with E-state index >= 15 is 0 Å². The zero-order valence-electron chi connectivity index (χ0n) is 14.3.